The van der Waals surface area contributed by atoms with E-state index in [4.69, 9.17) is 0 Å². The molecule has 0 bridgehead atoms. The third-order valence-electron chi connectivity index (χ3n) is 1.86. The van der Waals surface area contributed by atoms with Crippen molar-refractivity contribution < 1.29 is 0 Å². The van der Waals surface area contributed by atoms with Crippen molar-refractivity contribution in [2.45, 2.75) is 13.8 Å². The second-order valence-electron chi connectivity index (χ2n) is 3.25. The average Bonchev–Trinajstić information content (AvgIpc) is 2.08. The summed E-state index contributed by atoms with van der Waals surface area (Å²) in [6.45, 7) is 11.7. The summed E-state index contributed by atoms with van der Waals surface area (Å²) >= 11 is 0. The lowest BCUT2D eigenvalue weighted by molar-refractivity contribution is 1.36. The Morgan fingerprint density at radius 3 is 2.15 bits per heavy atom. The molecule has 1 N–H and O–H groups in total. The molecule has 0 fully saturated rings. The number of benzene rings is 1. The topological polar surface area (TPSA) is 12.0 Å². The van der Waals surface area contributed by atoms with Crippen molar-refractivity contribution in [2.75, 3.05) is 5.32 Å². The molecule has 1 nitrogen and oxygen atoms in total. The van der Waals surface area contributed by atoms with Crippen molar-refractivity contribution in [1.82, 2.24) is 0 Å². The van der Waals surface area contributed by atoms with Crippen LogP contribution in [0, 0.1) is 6.92 Å². The molecule has 1 aromatic rings. The molecule has 0 unspecified atom stereocenters. The maximum Gasteiger partial charge on any atom is 0.0384 e. The Hall–Kier alpha value is -1.50. The van der Waals surface area contributed by atoms with Crippen molar-refractivity contribution in [3.63, 3.8) is 0 Å². The van der Waals surface area contributed by atoms with E-state index < -0.39 is 0 Å². The van der Waals surface area contributed by atoms with Gasteiger partial charge < -0.3 is 5.32 Å². The van der Waals surface area contributed by atoms with E-state index in [0.29, 0.717) is 0 Å². The van der Waals surface area contributed by atoms with Gasteiger partial charge >= 0.3 is 0 Å². The predicted octanol–water partition coefficient (Wildman–Crippen LogP) is 3.50. The highest BCUT2D eigenvalue weighted by molar-refractivity contribution is 5.52. The van der Waals surface area contributed by atoms with Gasteiger partial charge in [-0.15, -0.1) is 0 Å². The fraction of sp³-hybridized carbons (Fsp3) is 0.167. The maximum atomic E-state index is 3.86. The van der Waals surface area contributed by atoms with E-state index >= 15 is 0 Å². The number of rotatable bonds is 3. The van der Waals surface area contributed by atoms with Gasteiger partial charge in [0.2, 0.25) is 0 Å². The minimum atomic E-state index is 0.865. The van der Waals surface area contributed by atoms with Crippen LogP contribution in [-0.2, 0) is 0 Å². The molecule has 0 aromatic heterocycles. The Morgan fingerprint density at radius 1 is 1.15 bits per heavy atom. The van der Waals surface area contributed by atoms with Gasteiger partial charge in [0.05, 0.1) is 0 Å². The molecule has 0 radical (unpaired) electrons. The Bertz CT molecular complexity index is 319. The highest BCUT2D eigenvalue weighted by Gasteiger charge is 1.94. The molecule has 0 saturated carbocycles. The summed E-state index contributed by atoms with van der Waals surface area (Å²) in [6.07, 6.45) is 0. The Morgan fingerprint density at radius 2 is 1.69 bits per heavy atom. The molecular formula is C12H15N. The molecule has 0 aliphatic rings. The van der Waals surface area contributed by atoms with Crippen molar-refractivity contribution in [3.05, 3.63) is 54.3 Å². The van der Waals surface area contributed by atoms with Gasteiger partial charge in [0.25, 0.3) is 0 Å². The number of nitrogens with one attached hydrogen (secondary N) is 1. The van der Waals surface area contributed by atoms with Crippen LogP contribution < -0.4 is 5.32 Å². The molecular weight excluding hydrogens is 158 g/mol. The molecule has 0 aliphatic heterocycles. The lowest BCUT2D eigenvalue weighted by atomic mass is 10.2. The van der Waals surface area contributed by atoms with E-state index in [0.717, 1.165) is 17.0 Å². The van der Waals surface area contributed by atoms with E-state index in [1.54, 1.807) is 0 Å². The van der Waals surface area contributed by atoms with E-state index in [1.165, 1.54) is 5.56 Å². The third kappa shape index (κ3) is 2.79. The molecule has 1 aromatic carbocycles. The van der Waals surface area contributed by atoms with Gasteiger partial charge in [-0.2, -0.15) is 0 Å². The monoisotopic (exact) mass is 173 g/mol. The first-order valence-corrected chi connectivity index (χ1v) is 4.28. The lowest BCUT2D eigenvalue weighted by Gasteiger charge is -2.08. The molecule has 68 valence electrons. The Labute approximate surface area is 79.8 Å². The molecule has 1 rings (SSSR count). The second-order valence-corrected chi connectivity index (χ2v) is 3.25. The zero-order valence-corrected chi connectivity index (χ0v) is 8.22. The number of hydrogen-bond acceptors (Lipinski definition) is 1. The van der Waals surface area contributed by atoms with E-state index in [-0.39, 0.29) is 0 Å². The lowest BCUT2D eigenvalue weighted by Crippen LogP contribution is -1.97. The first-order chi connectivity index (χ1) is 6.09. The van der Waals surface area contributed by atoms with Gasteiger partial charge in [0.15, 0.2) is 0 Å². The zero-order valence-electron chi connectivity index (χ0n) is 8.22. The minimum Gasteiger partial charge on any atom is -0.356 e. The van der Waals surface area contributed by atoms with Crippen LogP contribution in [0.5, 0.6) is 0 Å². The largest absolute Gasteiger partial charge is 0.356 e. The molecule has 13 heavy (non-hydrogen) atoms. The summed E-state index contributed by atoms with van der Waals surface area (Å²) in [5.74, 6) is 0. The van der Waals surface area contributed by atoms with Crippen LogP contribution in [0.2, 0.25) is 0 Å². The van der Waals surface area contributed by atoms with Crippen LogP contribution in [0.25, 0.3) is 0 Å². The summed E-state index contributed by atoms with van der Waals surface area (Å²) < 4.78 is 0. The third-order valence-corrected chi connectivity index (χ3v) is 1.86. The van der Waals surface area contributed by atoms with Crippen molar-refractivity contribution in [1.29, 1.82) is 0 Å². The van der Waals surface area contributed by atoms with Gasteiger partial charge in [-0.3, -0.25) is 0 Å². The van der Waals surface area contributed by atoms with Gasteiger partial charge in [-0.25, -0.2) is 0 Å². The molecule has 0 atom stereocenters. The minimum absolute atomic E-state index is 0.865. The second kappa shape index (κ2) is 3.94. The first-order valence-electron chi connectivity index (χ1n) is 4.28. The van der Waals surface area contributed by atoms with Crippen molar-refractivity contribution in [3.8, 4) is 0 Å². The van der Waals surface area contributed by atoms with Crippen LogP contribution in [0.4, 0.5) is 5.69 Å². The van der Waals surface area contributed by atoms with Crippen molar-refractivity contribution >= 4 is 5.69 Å². The summed E-state index contributed by atoms with van der Waals surface area (Å²) in [4.78, 5) is 0. The highest BCUT2D eigenvalue weighted by Crippen LogP contribution is 2.13. The first kappa shape index (κ1) is 9.59. The average molecular weight is 173 g/mol. The van der Waals surface area contributed by atoms with Gasteiger partial charge in [-0.05, 0) is 31.6 Å². The quantitative estimate of drug-likeness (QED) is 0.690. The van der Waals surface area contributed by atoms with Gasteiger partial charge in [-0.1, -0.05) is 30.9 Å². The number of anilines is 1. The summed E-state index contributed by atoms with van der Waals surface area (Å²) in [5, 5.41) is 3.17. The molecule has 1 heteroatoms. The van der Waals surface area contributed by atoms with Crippen LogP contribution in [0.1, 0.15) is 12.5 Å². The summed E-state index contributed by atoms with van der Waals surface area (Å²) in [6, 6.07) is 8.19. The van der Waals surface area contributed by atoms with Crippen LogP contribution in [0.3, 0.4) is 0 Å². The molecule has 0 aliphatic carbocycles. The SMILES string of the molecule is C=C(C)C(=C)Nc1ccc(C)cc1. The van der Waals surface area contributed by atoms with E-state index in [2.05, 4.69) is 37.5 Å². The number of hydrogen-bond donors (Lipinski definition) is 1. The van der Waals surface area contributed by atoms with E-state index in [1.807, 2.05) is 19.1 Å². The van der Waals surface area contributed by atoms with Crippen LogP contribution in [-0.4, -0.2) is 0 Å². The molecule has 0 heterocycles. The standard InChI is InChI=1S/C12H15N/c1-9(2)11(4)13-12-7-5-10(3)6-8-12/h5-8,13H,1,4H2,2-3H3. The summed E-state index contributed by atoms with van der Waals surface area (Å²) in [7, 11) is 0. The number of aryl methyl sites for hydroxylation is 1. The fourth-order valence-corrected chi connectivity index (χ4v) is 0.918. The van der Waals surface area contributed by atoms with E-state index in [9.17, 15) is 0 Å². The molecule has 0 spiro atoms. The molecule has 0 amide bonds. The van der Waals surface area contributed by atoms with Gasteiger partial charge in [0.1, 0.15) is 0 Å². The fourth-order valence-electron chi connectivity index (χ4n) is 0.918. The normalized spacial score (nSPS) is 9.38. The maximum absolute atomic E-state index is 3.86. The molecule has 0 saturated heterocycles. The number of allylic oxidation sites excluding steroid dienone is 1. The predicted molar refractivity (Wildman–Crippen MR) is 58.8 cm³/mol. The Kier molecular flexibility index (Phi) is 2.91. The smallest absolute Gasteiger partial charge is 0.0384 e. The Balaban J connectivity index is 2.70. The highest BCUT2D eigenvalue weighted by atomic mass is 14.9. The van der Waals surface area contributed by atoms with Gasteiger partial charge in [0, 0.05) is 11.4 Å². The van der Waals surface area contributed by atoms with Crippen LogP contribution in [0.15, 0.2) is 48.7 Å². The summed E-state index contributed by atoms with van der Waals surface area (Å²) in [5.41, 5.74) is 4.13. The zero-order chi connectivity index (χ0) is 9.84. The van der Waals surface area contributed by atoms with Crippen molar-refractivity contribution in [2.24, 2.45) is 0 Å². The van der Waals surface area contributed by atoms with Crippen LogP contribution >= 0.6 is 0 Å².